The maximum absolute atomic E-state index is 3.54. The Bertz CT molecular complexity index is 180. The van der Waals surface area contributed by atoms with Crippen LogP contribution in [0.25, 0.3) is 0 Å². The van der Waals surface area contributed by atoms with Crippen molar-refractivity contribution in [2.75, 3.05) is 7.05 Å². The van der Waals surface area contributed by atoms with E-state index in [4.69, 9.17) is 0 Å². The van der Waals surface area contributed by atoms with Crippen molar-refractivity contribution in [1.82, 2.24) is 5.32 Å². The van der Waals surface area contributed by atoms with Crippen LogP contribution in [0.5, 0.6) is 0 Å². The third-order valence-corrected chi connectivity index (χ3v) is 4.90. The Morgan fingerprint density at radius 3 is 2.19 bits per heavy atom. The molecule has 0 bridgehead atoms. The van der Waals surface area contributed by atoms with Crippen molar-refractivity contribution < 1.29 is 0 Å². The minimum absolute atomic E-state index is 0.812. The Labute approximate surface area is 101 Å². The van der Waals surface area contributed by atoms with Gasteiger partial charge in [0.05, 0.1) is 0 Å². The predicted molar refractivity (Wildman–Crippen MR) is 70.6 cm³/mol. The molecule has 2 aliphatic rings. The third-order valence-electron chi connectivity index (χ3n) is 4.90. The van der Waals surface area contributed by atoms with E-state index in [2.05, 4.69) is 12.4 Å². The summed E-state index contributed by atoms with van der Waals surface area (Å²) in [6.07, 6.45) is 16.4. The van der Waals surface area contributed by atoms with Crippen LogP contribution < -0.4 is 5.32 Å². The van der Waals surface area contributed by atoms with Crippen molar-refractivity contribution in [2.45, 2.75) is 76.7 Å². The first-order valence-corrected chi connectivity index (χ1v) is 7.55. The van der Waals surface area contributed by atoms with Crippen LogP contribution in [0.2, 0.25) is 0 Å². The molecule has 1 unspecified atom stereocenters. The second-order valence-corrected chi connectivity index (χ2v) is 6.10. The first kappa shape index (κ1) is 12.4. The van der Waals surface area contributed by atoms with Gasteiger partial charge in [0.15, 0.2) is 0 Å². The van der Waals surface area contributed by atoms with E-state index in [0.29, 0.717) is 0 Å². The number of hydrogen-bond donors (Lipinski definition) is 1. The minimum atomic E-state index is 0.812. The van der Waals surface area contributed by atoms with Crippen LogP contribution in [0.1, 0.15) is 70.6 Å². The van der Waals surface area contributed by atoms with Crippen molar-refractivity contribution in [3.63, 3.8) is 0 Å². The molecule has 0 radical (unpaired) electrons. The average molecular weight is 223 g/mol. The predicted octanol–water partition coefficient (Wildman–Crippen LogP) is 4.13. The molecule has 2 aliphatic carbocycles. The number of rotatable bonds is 6. The van der Waals surface area contributed by atoms with Crippen LogP contribution in [0, 0.1) is 11.8 Å². The maximum Gasteiger partial charge on any atom is 0.00668 e. The van der Waals surface area contributed by atoms with Crippen molar-refractivity contribution in [2.24, 2.45) is 11.8 Å². The van der Waals surface area contributed by atoms with Crippen LogP contribution in [0.3, 0.4) is 0 Å². The van der Waals surface area contributed by atoms with Gasteiger partial charge in [-0.25, -0.2) is 0 Å². The van der Waals surface area contributed by atoms with E-state index in [9.17, 15) is 0 Å². The van der Waals surface area contributed by atoms with Crippen molar-refractivity contribution in [3.8, 4) is 0 Å². The maximum atomic E-state index is 3.54. The lowest BCUT2D eigenvalue weighted by molar-refractivity contribution is 0.244. The smallest absolute Gasteiger partial charge is 0.00668 e. The zero-order valence-electron chi connectivity index (χ0n) is 11.0. The lowest BCUT2D eigenvalue weighted by Gasteiger charge is -2.30. The standard InChI is InChI=1S/C15H29N/c1-16-15(12-14-8-5-9-14)11-10-13-6-3-2-4-7-13/h13-16H,2-12H2,1H3. The largest absolute Gasteiger partial charge is 0.317 e. The van der Waals surface area contributed by atoms with E-state index < -0.39 is 0 Å². The first-order valence-electron chi connectivity index (χ1n) is 7.55. The van der Waals surface area contributed by atoms with Crippen LogP contribution in [0.15, 0.2) is 0 Å². The summed E-state index contributed by atoms with van der Waals surface area (Å²) in [5.41, 5.74) is 0. The molecule has 0 aromatic heterocycles. The van der Waals surface area contributed by atoms with E-state index >= 15 is 0 Å². The van der Waals surface area contributed by atoms with Gasteiger partial charge in [-0.1, -0.05) is 51.4 Å². The van der Waals surface area contributed by atoms with Crippen LogP contribution in [-0.4, -0.2) is 13.1 Å². The summed E-state index contributed by atoms with van der Waals surface area (Å²) < 4.78 is 0. The molecule has 2 rings (SSSR count). The molecule has 0 aliphatic heterocycles. The Hall–Kier alpha value is -0.0400. The van der Waals surface area contributed by atoms with Gasteiger partial charge in [-0.2, -0.15) is 0 Å². The van der Waals surface area contributed by atoms with Crippen molar-refractivity contribution in [3.05, 3.63) is 0 Å². The van der Waals surface area contributed by atoms with Crippen LogP contribution in [0.4, 0.5) is 0 Å². The quantitative estimate of drug-likeness (QED) is 0.714. The summed E-state index contributed by atoms with van der Waals surface area (Å²) in [4.78, 5) is 0. The molecule has 0 amide bonds. The van der Waals surface area contributed by atoms with Gasteiger partial charge in [0.25, 0.3) is 0 Å². The molecule has 0 aromatic rings. The lowest BCUT2D eigenvalue weighted by Crippen LogP contribution is -2.30. The Morgan fingerprint density at radius 2 is 1.62 bits per heavy atom. The summed E-state index contributed by atoms with van der Waals surface area (Å²) >= 11 is 0. The highest BCUT2D eigenvalue weighted by molar-refractivity contribution is 4.78. The molecule has 1 atom stereocenters. The average Bonchev–Trinajstić information content (AvgIpc) is 2.28. The molecule has 94 valence electrons. The van der Waals surface area contributed by atoms with E-state index in [0.717, 1.165) is 17.9 Å². The summed E-state index contributed by atoms with van der Waals surface area (Å²) in [7, 11) is 2.16. The molecular weight excluding hydrogens is 194 g/mol. The van der Waals surface area contributed by atoms with Gasteiger partial charge in [0, 0.05) is 6.04 Å². The Balaban J connectivity index is 1.61. The monoisotopic (exact) mass is 223 g/mol. The molecule has 0 aromatic carbocycles. The van der Waals surface area contributed by atoms with Gasteiger partial charge in [-0.05, 0) is 38.1 Å². The first-order chi connectivity index (χ1) is 7.88. The van der Waals surface area contributed by atoms with Gasteiger partial charge >= 0.3 is 0 Å². The van der Waals surface area contributed by atoms with Crippen LogP contribution >= 0.6 is 0 Å². The van der Waals surface area contributed by atoms with E-state index in [1.165, 1.54) is 70.6 Å². The second kappa shape index (κ2) is 6.64. The Morgan fingerprint density at radius 1 is 0.938 bits per heavy atom. The zero-order chi connectivity index (χ0) is 11.2. The molecule has 1 heteroatoms. The summed E-state index contributed by atoms with van der Waals surface area (Å²) in [6, 6.07) is 0.812. The summed E-state index contributed by atoms with van der Waals surface area (Å²) in [5.74, 6) is 2.12. The topological polar surface area (TPSA) is 12.0 Å². The summed E-state index contributed by atoms with van der Waals surface area (Å²) in [5, 5.41) is 3.54. The molecule has 1 nitrogen and oxygen atoms in total. The van der Waals surface area contributed by atoms with Gasteiger partial charge in [-0.15, -0.1) is 0 Å². The highest BCUT2D eigenvalue weighted by Crippen LogP contribution is 2.33. The molecule has 0 spiro atoms. The highest BCUT2D eigenvalue weighted by atomic mass is 14.9. The SMILES string of the molecule is CNC(CCC1CCCCC1)CC1CCC1. The fourth-order valence-electron chi connectivity index (χ4n) is 3.42. The van der Waals surface area contributed by atoms with Gasteiger partial charge in [0.1, 0.15) is 0 Å². The third kappa shape index (κ3) is 3.76. The molecule has 2 saturated carbocycles. The molecular formula is C15H29N. The van der Waals surface area contributed by atoms with E-state index in [1.54, 1.807) is 0 Å². The molecule has 0 saturated heterocycles. The minimum Gasteiger partial charge on any atom is -0.317 e. The fourth-order valence-corrected chi connectivity index (χ4v) is 3.42. The molecule has 16 heavy (non-hydrogen) atoms. The van der Waals surface area contributed by atoms with Crippen molar-refractivity contribution >= 4 is 0 Å². The van der Waals surface area contributed by atoms with Gasteiger partial charge in [0.2, 0.25) is 0 Å². The normalized spacial score (nSPS) is 25.3. The Kier molecular flexibility index (Phi) is 5.15. The van der Waals surface area contributed by atoms with E-state index in [1.807, 2.05) is 0 Å². The molecule has 0 heterocycles. The summed E-state index contributed by atoms with van der Waals surface area (Å²) in [6.45, 7) is 0. The van der Waals surface area contributed by atoms with Gasteiger partial charge < -0.3 is 5.32 Å². The molecule has 1 N–H and O–H groups in total. The molecule has 2 fully saturated rings. The van der Waals surface area contributed by atoms with E-state index in [-0.39, 0.29) is 0 Å². The van der Waals surface area contributed by atoms with Gasteiger partial charge in [-0.3, -0.25) is 0 Å². The number of hydrogen-bond acceptors (Lipinski definition) is 1. The zero-order valence-corrected chi connectivity index (χ0v) is 11.0. The second-order valence-electron chi connectivity index (χ2n) is 6.10. The fraction of sp³-hybridized carbons (Fsp3) is 1.00. The van der Waals surface area contributed by atoms with Crippen molar-refractivity contribution in [1.29, 1.82) is 0 Å². The lowest BCUT2D eigenvalue weighted by atomic mass is 9.79. The highest BCUT2D eigenvalue weighted by Gasteiger charge is 2.22. The van der Waals surface area contributed by atoms with Crippen LogP contribution in [-0.2, 0) is 0 Å². The number of nitrogens with one attached hydrogen (secondary N) is 1.